The van der Waals surface area contributed by atoms with E-state index in [0.29, 0.717) is 12.4 Å². The molecular weight excluding hydrogens is 306 g/mol. The molecule has 0 saturated carbocycles. The first-order valence-electron chi connectivity index (χ1n) is 6.59. The minimum absolute atomic E-state index is 0.284. The fourth-order valence-corrected chi connectivity index (χ4v) is 3.30. The molecule has 21 heavy (non-hydrogen) atoms. The predicted molar refractivity (Wildman–Crippen MR) is 85.7 cm³/mol. The third-order valence-electron chi connectivity index (χ3n) is 2.98. The van der Waals surface area contributed by atoms with Gasteiger partial charge in [0.25, 0.3) is 0 Å². The van der Waals surface area contributed by atoms with E-state index < -0.39 is 9.84 Å². The molecule has 0 atom stereocenters. The van der Waals surface area contributed by atoms with Crippen molar-refractivity contribution in [3.8, 4) is 5.75 Å². The lowest BCUT2D eigenvalue weighted by Gasteiger charge is -2.16. The highest BCUT2D eigenvalue weighted by molar-refractivity contribution is 7.90. The standard InChI is InChI=1S/C15H19NO3S2/c1-16(12-14-6-4-10-20-14)8-9-19-13-5-3-7-15(11-13)21(2,17)18/h3-7,10-11H,8-9,12H2,1-2H3. The van der Waals surface area contributed by atoms with E-state index in [1.54, 1.807) is 35.6 Å². The van der Waals surface area contributed by atoms with E-state index >= 15 is 0 Å². The molecule has 4 nitrogen and oxygen atoms in total. The molecule has 0 amide bonds. The van der Waals surface area contributed by atoms with Crippen LogP contribution in [0.15, 0.2) is 46.7 Å². The molecule has 0 aliphatic heterocycles. The summed E-state index contributed by atoms with van der Waals surface area (Å²) in [6, 6.07) is 10.8. The van der Waals surface area contributed by atoms with Crippen LogP contribution in [-0.4, -0.2) is 39.8 Å². The van der Waals surface area contributed by atoms with Gasteiger partial charge in [-0.05, 0) is 36.7 Å². The van der Waals surface area contributed by atoms with Gasteiger partial charge in [-0.1, -0.05) is 12.1 Å². The number of nitrogens with zero attached hydrogens (tertiary/aromatic N) is 1. The van der Waals surface area contributed by atoms with E-state index in [9.17, 15) is 8.42 Å². The van der Waals surface area contributed by atoms with Gasteiger partial charge in [0.05, 0.1) is 4.90 Å². The molecule has 1 heterocycles. The monoisotopic (exact) mass is 325 g/mol. The fraction of sp³-hybridized carbons (Fsp3) is 0.333. The van der Waals surface area contributed by atoms with Crippen LogP contribution >= 0.6 is 11.3 Å². The van der Waals surface area contributed by atoms with Gasteiger partial charge < -0.3 is 4.74 Å². The summed E-state index contributed by atoms with van der Waals surface area (Å²) >= 11 is 1.74. The minimum atomic E-state index is -3.19. The van der Waals surface area contributed by atoms with Crippen LogP contribution in [-0.2, 0) is 16.4 Å². The van der Waals surface area contributed by atoms with Crippen molar-refractivity contribution >= 4 is 21.2 Å². The summed E-state index contributed by atoms with van der Waals surface area (Å²) in [7, 11) is -1.15. The molecular formula is C15H19NO3S2. The quantitative estimate of drug-likeness (QED) is 0.785. The first-order valence-corrected chi connectivity index (χ1v) is 9.36. The van der Waals surface area contributed by atoms with Crippen molar-refractivity contribution in [2.75, 3.05) is 26.5 Å². The van der Waals surface area contributed by atoms with Crippen molar-refractivity contribution in [2.45, 2.75) is 11.4 Å². The van der Waals surface area contributed by atoms with Crippen molar-refractivity contribution < 1.29 is 13.2 Å². The lowest BCUT2D eigenvalue weighted by atomic mass is 10.3. The highest BCUT2D eigenvalue weighted by atomic mass is 32.2. The van der Waals surface area contributed by atoms with Crippen LogP contribution < -0.4 is 4.74 Å². The summed E-state index contributed by atoms with van der Waals surface area (Å²) in [6.07, 6.45) is 1.20. The van der Waals surface area contributed by atoms with E-state index in [-0.39, 0.29) is 4.90 Å². The highest BCUT2D eigenvalue weighted by Crippen LogP contribution is 2.17. The Morgan fingerprint density at radius 2 is 2.05 bits per heavy atom. The first-order chi connectivity index (χ1) is 9.95. The summed E-state index contributed by atoms with van der Waals surface area (Å²) in [4.78, 5) is 3.77. The van der Waals surface area contributed by atoms with E-state index in [1.165, 1.54) is 11.1 Å². The van der Waals surface area contributed by atoms with Crippen molar-refractivity contribution in [1.82, 2.24) is 4.90 Å². The third kappa shape index (κ3) is 5.15. The summed E-state index contributed by atoms with van der Waals surface area (Å²) < 4.78 is 28.6. The van der Waals surface area contributed by atoms with Crippen LogP contribution in [0.25, 0.3) is 0 Å². The fourth-order valence-electron chi connectivity index (χ4n) is 1.86. The zero-order valence-electron chi connectivity index (χ0n) is 12.2. The van der Waals surface area contributed by atoms with Gasteiger partial charge in [0.1, 0.15) is 12.4 Å². The normalized spacial score (nSPS) is 11.8. The van der Waals surface area contributed by atoms with E-state index in [0.717, 1.165) is 13.1 Å². The van der Waals surface area contributed by atoms with Gasteiger partial charge in [-0.15, -0.1) is 11.3 Å². The lowest BCUT2D eigenvalue weighted by molar-refractivity contribution is 0.233. The summed E-state index contributed by atoms with van der Waals surface area (Å²) in [5, 5.41) is 2.07. The van der Waals surface area contributed by atoms with E-state index in [2.05, 4.69) is 16.3 Å². The predicted octanol–water partition coefficient (Wildman–Crippen LogP) is 2.66. The molecule has 0 saturated heterocycles. The Bertz CT molecular complexity index is 666. The van der Waals surface area contributed by atoms with Gasteiger partial charge in [-0.25, -0.2) is 8.42 Å². The Morgan fingerprint density at radius 1 is 1.24 bits per heavy atom. The molecule has 0 aliphatic carbocycles. The average molecular weight is 325 g/mol. The van der Waals surface area contributed by atoms with Gasteiger partial charge in [-0.3, -0.25) is 4.90 Å². The van der Waals surface area contributed by atoms with Gasteiger partial charge in [0.15, 0.2) is 9.84 Å². The summed E-state index contributed by atoms with van der Waals surface area (Å²) in [5.41, 5.74) is 0. The Hall–Kier alpha value is -1.37. The number of likely N-dealkylation sites (N-methyl/N-ethyl adjacent to an activating group) is 1. The largest absolute Gasteiger partial charge is 0.492 e. The van der Waals surface area contributed by atoms with Crippen LogP contribution in [0.4, 0.5) is 0 Å². The molecule has 0 bridgehead atoms. The number of ether oxygens (including phenoxy) is 1. The SMILES string of the molecule is CN(CCOc1cccc(S(C)(=O)=O)c1)Cc1cccs1. The number of hydrogen-bond acceptors (Lipinski definition) is 5. The topological polar surface area (TPSA) is 46.6 Å². The maximum absolute atomic E-state index is 11.5. The van der Waals surface area contributed by atoms with Crippen molar-refractivity contribution in [3.05, 3.63) is 46.7 Å². The first kappa shape index (κ1) is 16.0. The van der Waals surface area contributed by atoms with Crippen LogP contribution in [0, 0.1) is 0 Å². The summed E-state index contributed by atoms with van der Waals surface area (Å²) in [5.74, 6) is 0.586. The zero-order chi connectivity index (χ0) is 15.3. The molecule has 0 unspecified atom stereocenters. The number of sulfone groups is 1. The smallest absolute Gasteiger partial charge is 0.175 e. The molecule has 1 aromatic heterocycles. The Balaban J connectivity index is 1.83. The van der Waals surface area contributed by atoms with Crippen molar-refractivity contribution in [1.29, 1.82) is 0 Å². The van der Waals surface area contributed by atoms with Gasteiger partial charge in [0, 0.05) is 24.2 Å². The van der Waals surface area contributed by atoms with Crippen molar-refractivity contribution in [3.63, 3.8) is 0 Å². The maximum atomic E-state index is 11.5. The number of benzene rings is 1. The Morgan fingerprint density at radius 3 is 2.71 bits per heavy atom. The second-order valence-corrected chi connectivity index (χ2v) is 7.96. The maximum Gasteiger partial charge on any atom is 0.175 e. The molecule has 0 fully saturated rings. The van der Waals surface area contributed by atoms with Gasteiger partial charge in [-0.2, -0.15) is 0 Å². The Kier molecular flexibility index (Phi) is 5.39. The van der Waals surface area contributed by atoms with Gasteiger partial charge >= 0.3 is 0 Å². The number of rotatable bonds is 7. The van der Waals surface area contributed by atoms with E-state index in [1.807, 2.05) is 13.1 Å². The van der Waals surface area contributed by atoms with Crippen LogP contribution in [0.3, 0.4) is 0 Å². The van der Waals surface area contributed by atoms with E-state index in [4.69, 9.17) is 4.74 Å². The molecule has 0 aliphatic rings. The van der Waals surface area contributed by atoms with Gasteiger partial charge in [0.2, 0.25) is 0 Å². The number of hydrogen-bond donors (Lipinski definition) is 0. The van der Waals surface area contributed by atoms with Crippen LogP contribution in [0.1, 0.15) is 4.88 Å². The molecule has 2 rings (SSSR count). The molecule has 6 heteroatoms. The molecule has 0 N–H and O–H groups in total. The van der Waals surface area contributed by atoms with Crippen molar-refractivity contribution in [2.24, 2.45) is 0 Å². The van der Waals surface area contributed by atoms with Crippen LogP contribution in [0.5, 0.6) is 5.75 Å². The summed E-state index contributed by atoms with van der Waals surface area (Å²) in [6.45, 7) is 2.19. The molecule has 0 spiro atoms. The lowest BCUT2D eigenvalue weighted by Crippen LogP contribution is -2.23. The zero-order valence-corrected chi connectivity index (χ0v) is 13.8. The highest BCUT2D eigenvalue weighted by Gasteiger charge is 2.08. The average Bonchev–Trinajstić information content (AvgIpc) is 2.91. The number of thiophene rings is 1. The Labute approximate surface area is 129 Å². The second kappa shape index (κ2) is 7.06. The molecule has 0 radical (unpaired) electrons. The molecule has 2 aromatic rings. The second-order valence-electron chi connectivity index (χ2n) is 4.91. The third-order valence-corrected chi connectivity index (χ3v) is 4.95. The molecule has 114 valence electrons. The van der Waals surface area contributed by atoms with Crippen LogP contribution in [0.2, 0.25) is 0 Å². The minimum Gasteiger partial charge on any atom is -0.492 e. The molecule has 1 aromatic carbocycles.